The van der Waals surface area contributed by atoms with Crippen LogP contribution in [0, 0.1) is 0 Å². The summed E-state index contributed by atoms with van der Waals surface area (Å²) in [6.07, 6.45) is 3.29. The lowest BCUT2D eigenvalue weighted by molar-refractivity contribution is -0.130. The first-order valence-corrected chi connectivity index (χ1v) is 23.3. The molecule has 63 heavy (non-hydrogen) atoms. The highest BCUT2D eigenvalue weighted by Gasteiger charge is 2.32. The highest BCUT2D eigenvalue weighted by molar-refractivity contribution is 9.10. The molecule has 1 unspecified atom stereocenters. The van der Waals surface area contributed by atoms with Crippen LogP contribution < -0.4 is 20.1 Å². The van der Waals surface area contributed by atoms with Gasteiger partial charge in [-0.05, 0) is 72.5 Å². The fraction of sp³-hybridized carbons (Fsp3) is 0.318. The van der Waals surface area contributed by atoms with Crippen LogP contribution in [0.3, 0.4) is 0 Å². The molecule has 0 bridgehead atoms. The van der Waals surface area contributed by atoms with Crippen molar-refractivity contribution in [3.63, 3.8) is 0 Å². The maximum Gasteiger partial charge on any atom is 0.261 e. The summed E-state index contributed by atoms with van der Waals surface area (Å²) in [5.74, 6) is -0.601. The highest BCUT2D eigenvalue weighted by Crippen LogP contribution is 2.34. The second kappa shape index (κ2) is 23.6. The number of fused-ring (bicyclic) bond motifs is 1. The summed E-state index contributed by atoms with van der Waals surface area (Å²) in [4.78, 5) is 40.6. The number of benzene rings is 4. The first kappa shape index (κ1) is 47.5. The van der Waals surface area contributed by atoms with Crippen molar-refractivity contribution in [3.8, 4) is 5.75 Å². The number of aromatic nitrogens is 1. The molecule has 2 heterocycles. The number of hydrazone groups is 1. The van der Waals surface area contributed by atoms with Gasteiger partial charge in [-0.25, -0.2) is 13.4 Å². The van der Waals surface area contributed by atoms with E-state index in [2.05, 4.69) is 41.4 Å². The summed E-state index contributed by atoms with van der Waals surface area (Å²) < 4.78 is 52.2. The van der Waals surface area contributed by atoms with Gasteiger partial charge in [-0.3, -0.25) is 19.1 Å². The smallest absolute Gasteiger partial charge is 0.261 e. The van der Waals surface area contributed by atoms with Crippen LogP contribution in [0.25, 0.3) is 10.9 Å². The van der Waals surface area contributed by atoms with Crippen LogP contribution >= 0.6 is 39.1 Å². The standard InChI is InChI=1S/C44H47BrCl2N6O9S/c45-33-13-9-30(10-14-33)39-26-40(53(51-39)42(55)27-46)31-11-15-34(16-12-31)62-29-41(54)48-17-3-19-59-21-23-61-24-22-60-20-4-18-49-44(56)32-5-1-6-35(25-32)63(57,58)52-38-8-2-7-36-37(47)28-50-43(36)38/h1-2,5-16,25,28,40,50,52H,3-4,17-24,26-27,29H2,(H,48,54)(H,49,56). The number of nitrogens with one attached hydrogen (secondary N) is 4. The Morgan fingerprint density at radius 3 is 2.21 bits per heavy atom. The van der Waals surface area contributed by atoms with Crippen molar-refractivity contribution in [3.05, 3.63) is 123 Å². The molecule has 4 N–H and O–H groups in total. The predicted octanol–water partition coefficient (Wildman–Crippen LogP) is 7.06. The van der Waals surface area contributed by atoms with Gasteiger partial charge in [0, 0.05) is 54.3 Å². The number of amides is 3. The van der Waals surface area contributed by atoms with Crippen LogP contribution in [-0.4, -0.2) is 107 Å². The van der Waals surface area contributed by atoms with Gasteiger partial charge in [0.1, 0.15) is 11.6 Å². The normalized spacial score (nSPS) is 13.8. The zero-order valence-corrected chi connectivity index (χ0v) is 38.0. The van der Waals surface area contributed by atoms with Crippen LogP contribution in [0.1, 0.15) is 46.8 Å². The van der Waals surface area contributed by atoms with E-state index in [-0.39, 0.29) is 40.8 Å². The number of H-pyrrole nitrogens is 1. The van der Waals surface area contributed by atoms with Crippen molar-refractivity contribution < 1.29 is 41.7 Å². The van der Waals surface area contributed by atoms with E-state index in [1.165, 1.54) is 23.2 Å². The number of sulfonamides is 1. The van der Waals surface area contributed by atoms with E-state index in [4.69, 9.17) is 42.1 Å². The van der Waals surface area contributed by atoms with Gasteiger partial charge in [-0.15, -0.1) is 11.6 Å². The maximum absolute atomic E-state index is 13.1. The number of aromatic amines is 1. The summed E-state index contributed by atoms with van der Waals surface area (Å²) in [7, 11) is -3.99. The fourth-order valence-corrected chi connectivity index (χ4v) is 8.22. The third kappa shape index (κ3) is 13.7. The zero-order valence-electron chi connectivity index (χ0n) is 34.1. The van der Waals surface area contributed by atoms with E-state index >= 15 is 0 Å². The number of halogens is 3. The van der Waals surface area contributed by atoms with Crippen molar-refractivity contribution in [2.24, 2.45) is 5.10 Å². The number of carbonyl (C=O) groups is 3. The Hall–Kier alpha value is -5.01. The number of rotatable bonds is 24. The third-order valence-corrected chi connectivity index (χ3v) is 12.1. The van der Waals surface area contributed by atoms with Crippen molar-refractivity contribution >= 4 is 89.2 Å². The summed E-state index contributed by atoms with van der Waals surface area (Å²) >= 11 is 15.5. The number of anilines is 1. The minimum absolute atomic E-state index is 0.0506. The van der Waals surface area contributed by atoms with E-state index < -0.39 is 15.9 Å². The van der Waals surface area contributed by atoms with Crippen LogP contribution in [0.15, 0.2) is 112 Å². The number of para-hydroxylation sites is 1. The Balaban J connectivity index is 0.759. The summed E-state index contributed by atoms with van der Waals surface area (Å²) in [6.45, 7) is 3.01. The minimum atomic E-state index is -3.99. The molecule has 0 saturated carbocycles. The van der Waals surface area contributed by atoms with Crippen LogP contribution in [0.2, 0.25) is 5.02 Å². The van der Waals surface area contributed by atoms with Gasteiger partial charge in [0.25, 0.3) is 27.7 Å². The van der Waals surface area contributed by atoms with Gasteiger partial charge >= 0.3 is 0 Å². The van der Waals surface area contributed by atoms with Crippen molar-refractivity contribution in [2.45, 2.75) is 30.2 Å². The van der Waals surface area contributed by atoms with Gasteiger partial charge in [-0.2, -0.15) is 5.10 Å². The molecule has 0 aliphatic carbocycles. The summed E-state index contributed by atoms with van der Waals surface area (Å²) in [5, 5.41) is 12.8. The number of carbonyl (C=O) groups excluding carboxylic acids is 3. The lowest BCUT2D eigenvalue weighted by Gasteiger charge is -2.21. The van der Waals surface area contributed by atoms with Crippen LogP contribution in [0.4, 0.5) is 5.69 Å². The lowest BCUT2D eigenvalue weighted by Crippen LogP contribution is -2.30. The summed E-state index contributed by atoms with van der Waals surface area (Å²) in [6, 6.07) is 25.6. The van der Waals surface area contributed by atoms with Gasteiger partial charge < -0.3 is 34.6 Å². The molecule has 0 radical (unpaired) electrons. The average molecular weight is 987 g/mol. The molecule has 1 atom stereocenters. The zero-order chi connectivity index (χ0) is 44.6. The molecule has 1 aromatic heterocycles. The first-order valence-electron chi connectivity index (χ1n) is 20.1. The van der Waals surface area contributed by atoms with Crippen molar-refractivity contribution in [1.29, 1.82) is 0 Å². The van der Waals surface area contributed by atoms with Gasteiger partial charge in [0.2, 0.25) is 0 Å². The average Bonchev–Trinajstić information content (AvgIpc) is 3.91. The molecule has 3 amide bonds. The monoisotopic (exact) mass is 984 g/mol. The quantitative estimate of drug-likeness (QED) is 0.0371. The number of hydrogen-bond donors (Lipinski definition) is 4. The molecule has 19 heteroatoms. The molecule has 334 valence electrons. The topological polar surface area (TPSA) is 190 Å². The number of ether oxygens (including phenoxy) is 4. The van der Waals surface area contributed by atoms with E-state index in [0.29, 0.717) is 99.4 Å². The molecular formula is C44H47BrCl2N6O9S. The van der Waals surface area contributed by atoms with Crippen molar-refractivity contribution in [2.75, 3.05) is 69.9 Å². The Bertz CT molecular complexity index is 2470. The molecule has 0 spiro atoms. The fourth-order valence-electron chi connectivity index (χ4n) is 6.50. The highest BCUT2D eigenvalue weighted by atomic mass is 79.9. The minimum Gasteiger partial charge on any atom is -0.484 e. The van der Waals surface area contributed by atoms with Gasteiger partial charge in [0.05, 0.1) is 59.3 Å². The summed E-state index contributed by atoms with van der Waals surface area (Å²) in [5.41, 5.74) is 3.71. The lowest BCUT2D eigenvalue weighted by atomic mass is 9.98. The Morgan fingerprint density at radius 2 is 1.51 bits per heavy atom. The molecule has 1 aliphatic heterocycles. The van der Waals surface area contributed by atoms with E-state index in [9.17, 15) is 22.8 Å². The SMILES string of the molecule is O=C(COc1ccc(C2CC(c3ccc(Br)cc3)=NN2C(=O)CCl)cc1)NCCCOCCOCCOCCCNC(=O)c1cccc(S(=O)(=O)Nc2cccc3c(Cl)c[nH]c23)c1. The number of alkyl halides is 1. The number of hydrogen-bond acceptors (Lipinski definition) is 10. The maximum atomic E-state index is 13.1. The van der Waals surface area contributed by atoms with Gasteiger partial charge in [0.15, 0.2) is 6.61 Å². The van der Waals surface area contributed by atoms with E-state index in [1.807, 2.05) is 36.4 Å². The van der Waals surface area contributed by atoms with Gasteiger partial charge in [-0.1, -0.05) is 70.0 Å². The Morgan fingerprint density at radius 1 is 0.841 bits per heavy atom. The predicted molar refractivity (Wildman–Crippen MR) is 245 cm³/mol. The van der Waals surface area contributed by atoms with E-state index in [1.54, 1.807) is 42.6 Å². The second-order valence-electron chi connectivity index (χ2n) is 14.2. The van der Waals surface area contributed by atoms with Crippen LogP contribution in [-0.2, 0) is 33.8 Å². The molecule has 0 saturated heterocycles. The largest absolute Gasteiger partial charge is 0.484 e. The molecule has 6 rings (SSSR count). The third-order valence-electron chi connectivity index (χ3n) is 9.69. The van der Waals surface area contributed by atoms with Crippen molar-refractivity contribution in [1.82, 2.24) is 20.6 Å². The Kier molecular flexibility index (Phi) is 17.8. The Labute approximate surface area is 384 Å². The molecule has 4 aromatic carbocycles. The number of nitrogens with zero attached hydrogens (tertiary/aromatic N) is 2. The van der Waals surface area contributed by atoms with E-state index in [0.717, 1.165) is 21.3 Å². The second-order valence-corrected chi connectivity index (χ2v) is 17.4. The molecular weight excluding hydrogens is 939 g/mol. The molecule has 1 aliphatic rings. The molecule has 5 aromatic rings. The first-order chi connectivity index (χ1) is 30.5. The van der Waals surface area contributed by atoms with Crippen LogP contribution in [0.5, 0.6) is 5.75 Å². The molecule has 0 fully saturated rings. The molecule has 15 nitrogen and oxygen atoms in total.